The van der Waals surface area contributed by atoms with Crippen molar-refractivity contribution in [3.05, 3.63) is 0 Å². The molecular weight excluding hydrogens is 256 g/mol. The van der Waals surface area contributed by atoms with Crippen LogP contribution in [0.3, 0.4) is 0 Å². The second-order valence-electron chi connectivity index (χ2n) is 7.55. The lowest BCUT2D eigenvalue weighted by atomic mass is 9.93. The number of hydrogen-bond donors (Lipinski definition) is 1. The summed E-state index contributed by atoms with van der Waals surface area (Å²) in [5, 5.41) is 3.80. The number of nitrogens with one attached hydrogen (secondary N) is 1. The molecule has 1 aliphatic heterocycles. The van der Waals surface area contributed by atoms with E-state index in [0.29, 0.717) is 0 Å². The van der Waals surface area contributed by atoms with E-state index in [0.717, 1.165) is 23.9 Å². The van der Waals surface area contributed by atoms with Crippen LogP contribution in [0.4, 0.5) is 0 Å². The van der Waals surface area contributed by atoms with Gasteiger partial charge >= 0.3 is 0 Å². The molecule has 0 aliphatic carbocycles. The molecule has 1 heterocycles. The van der Waals surface area contributed by atoms with Crippen molar-refractivity contribution < 1.29 is 0 Å². The van der Waals surface area contributed by atoms with Crippen molar-refractivity contribution in [3.63, 3.8) is 0 Å². The van der Waals surface area contributed by atoms with E-state index in [2.05, 4.69) is 44.8 Å². The molecule has 2 nitrogen and oxygen atoms in total. The van der Waals surface area contributed by atoms with Gasteiger partial charge in [-0.15, -0.1) is 0 Å². The number of nitrogens with zero attached hydrogens (tertiary/aromatic N) is 1. The summed E-state index contributed by atoms with van der Waals surface area (Å²) in [5.41, 5.74) is 0. The van der Waals surface area contributed by atoms with Gasteiger partial charge in [0.25, 0.3) is 0 Å². The van der Waals surface area contributed by atoms with Crippen molar-refractivity contribution in [2.45, 2.75) is 91.6 Å². The molecule has 0 aromatic carbocycles. The molecule has 21 heavy (non-hydrogen) atoms. The molecule has 0 saturated carbocycles. The van der Waals surface area contributed by atoms with Gasteiger partial charge in [-0.05, 0) is 31.1 Å². The minimum Gasteiger partial charge on any atom is -0.311 e. The molecule has 126 valence electrons. The van der Waals surface area contributed by atoms with Gasteiger partial charge in [0.05, 0.1) is 0 Å². The van der Waals surface area contributed by atoms with Crippen molar-refractivity contribution in [1.29, 1.82) is 0 Å². The van der Waals surface area contributed by atoms with Crippen LogP contribution in [0, 0.1) is 11.8 Å². The van der Waals surface area contributed by atoms with E-state index in [9.17, 15) is 0 Å². The molecule has 1 saturated heterocycles. The predicted octanol–water partition coefficient (Wildman–Crippen LogP) is 4.69. The zero-order chi connectivity index (χ0) is 15.7. The lowest BCUT2D eigenvalue weighted by Gasteiger charge is -2.43. The topological polar surface area (TPSA) is 15.3 Å². The fraction of sp³-hybridized carbons (Fsp3) is 1.00. The monoisotopic (exact) mass is 296 g/mol. The van der Waals surface area contributed by atoms with Gasteiger partial charge in [0.1, 0.15) is 0 Å². The lowest BCUT2D eigenvalue weighted by molar-refractivity contribution is 0.0897. The summed E-state index contributed by atoms with van der Waals surface area (Å²) in [6.07, 6.45) is 9.48. The molecule has 3 unspecified atom stereocenters. The average molecular weight is 297 g/mol. The summed E-state index contributed by atoms with van der Waals surface area (Å²) in [6, 6.07) is 1.48. The Bertz CT molecular complexity index is 252. The molecule has 0 bridgehead atoms. The first kappa shape index (κ1) is 19.0. The number of hydrogen-bond acceptors (Lipinski definition) is 2. The Hall–Kier alpha value is -0.0800. The first-order valence-electron chi connectivity index (χ1n) is 9.57. The van der Waals surface area contributed by atoms with Gasteiger partial charge in [-0.1, -0.05) is 60.3 Å². The Labute approximate surface area is 134 Å². The Morgan fingerprint density at radius 2 is 1.90 bits per heavy atom. The summed E-state index contributed by atoms with van der Waals surface area (Å²) in [4.78, 5) is 2.83. The van der Waals surface area contributed by atoms with Crippen LogP contribution in [0.15, 0.2) is 0 Å². The summed E-state index contributed by atoms with van der Waals surface area (Å²) in [7, 11) is 0. The molecule has 3 atom stereocenters. The van der Waals surface area contributed by atoms with Crippen molar-refractivity contribution in [2.75, 3.05) is 19.6 Å². The minimum absolute atomic E-state index is 0.724. The summed E-state index contributed by atoms with van der Waals surface area (Å²) < 4.78 is 0. The molecule has 1 fully saturated rings. The van der Waals surface area contributed by atoms with Crippen LogP contribution in [0.2, 0.25) is 0 Å². The molecule has 2 heteroatoms. The zero-order valence-corrected chi connectivity index (χ0v) is 15.3. The van der Waals surface area contributed by atoms with Gasteiger partial charge in [-0.2, -0.15) is 0 Å². The highest BCUT2D eigenvalue weighted by Crippen LogP contribution is 2.22. The van der Waals surface area contributed by atoms with Gasteiger partial charge in [-0.3, -0.25) is 4.90 Å². The van der Waals surface area contributed by atoms with Crippen LogP contribution < -0.4 is 5.32 Å². The van der Waals surface area contributed by atoms with E-state index >= 15 is 0 Å². The van der Waals surface area contributed by atoms with Crippen LogP contribution in [0.25, 0.3) is 0 Å². The third kappa shape index (κ3) is 7.15. The van der Waals surface area contributed by atoms with Gasteiger partial charge in [0.2, 0.25) is 0 Å². The first-order valence-corrected chi connectivity index (χ1v) is 9.57. The quantitative estimate of drug-likeness (QED) is 0.629. The number of unbranched alkanes of at least 4 members (excludes halogenated alkanes) is 1. The summed E-state index contributed by atoms with van der Waals surface area (Å²) >= 11 is 0. The predicted molar refractivity (Wildman–Crippen MR) is 94.8 cm³/mol. The van der Waals surface area contributed by atoms with E-state index in [1.165, 1.54) is 64.6 Å². The second kappa shape index (κ2) is 10.6. The molecule has 1 rings (SSSR count). The summed E-state index contributed by atoms with van der Waals surface area (Å²) in [6.45, 7) is 15.5. The largest absolute Gasteiger partial charge is 0.311 e. The third-order valence-corrected chi connectivity index (χ3v) is 5.03. The van der Waals surface area contributed by atoms with Crippen LogP contribution in [-0.4, -0.2) is 36.6 Å². The van der Waals surface area contributed by atoms with Crippen molar-refractivity contribution in [1.82, 2.24) is 10.2 Å². The molecule has 0 aromatic rings. The molecule has 0 aromatic heterocycles. The smallest absolute Gasteiger partial charge is 0.0223 e. The fourth-order valence-corrected chi connectivity index (χ4v) is 3.72. The van der Waals surface area contributed by atoms with Gasteiger partial charge < -0.3 is 5.32 Å². The van der Waals surface area contributed by atoms with E-state index in [-0.39, 0.29) is 0 Å². The normalized spacial score (nSPS) is 25.4. The molecule has 1 N–H and O–H groups in total. The van der Waals surface area contributed by atoms with Crippen LogP contribution in [-0.2, 0) is 0 Å². The number of rotatable bonds is 10. The van der Waals surface area contributed by atoms with Gasteiger partial charge in [-0.25, -0.2) is 0 Å². The highest BCUT2D eigenvalue weighted by Gasteiger charge is 2.29. The van der Waals surface area contributed by atoms with Crippen LogP contribution >= 0.6 is 0 Å². The fourth-order valence-electron chi connectivity index (χ4n) is 3.72. The maximum Gasteiger partial charge on any atom is 0.0223 e. The van der Waals surface area contributed by atoms with E-state index in [4.69, 9.17) is 0 Å². The van der Waals surface area contributed by atoms with Crippen molar-refractivity contribution in [2.24, 2.45) is 11.8 Å². The van der Waals surface area contributed by atoms with E-state index < -0.39 is 0 Å². The molecule has 0 amide bonds. The van der Waals surface area contributed by atoms with E-state index in [1.54, 1.807) is 0 Å². The lowest BCUT2D eigenvalue weighted by Crippen LogP contribution is -2.57. The van der Waals surface area contributed by atoms with Crippen LogP contribution in [0.1, 0.15) is 79.6 Å². The third-order valence-electron chi connectivity index (χ3n) is 5.03. The molecule has 1 aliphatic rings. The SMILES string of the molecule is CCCCC(CC)CN1CC(CCC)NCC1CC(C)C. The highest BCUT2D eigenvalue weighted by atomic mass is 15.2. The minimum atomic E-state index is 0.724. The van der Waals surface area contributed by atoms with Gasteiger partial charge in [0.15, 0.2) is 0 Å². The average Bonchev–Trinajstić information content (AvgIpc) is 2.45. The number of piperazine rings is 1. The summed E-state index contributed by atoms with van der Waals surface area (Å²) in [5.74, 6) is 1.71. The molecule has 0 spiro atoms. The standard InChI is InChI=1S/C19H40N2/c1-6-9-11-17(8-3)14-21-15-18(10-7-2)20-13-19(21)12-16(4)5/h16-20H,6-15H2,1-5H3. The van der Waals surface area contributed by atoms with E-state index in [1.807, 2.05) is 0 Å². The maximum absolute atomic E-state index is 3.80. The van der Waals surface area contributed by atoms with Crippen molar-refractivity contribution >= 4 is 0 Å². The Morgan fingerprint density at radius 1 is 1.14 bits per heavy atom. The maximum atomic E-state index is 3.80. The Kier molecular flexibility index (Phi) is 9.59. The highest BCUT2D eigenvalue weighted by molar-refractivity contribution is 4.87. The Morgan fingerprint density at radius 3 is 2.48 bits per heavy atom. The first-order chi connectivity index (χ1) is 10.1. The molecular formula is C19H40N2. The van der Waals surface area contributed by atoms with Crippen LogP contribution in [0.5, 0.6) is 0 Å². The molecule has 0 radical (unpaired) electrons. The van der Waals surface area contributed by atoms with Gasteiger partial charge in [0, 0.05) is 31.7 Å². The Balaban J connectivity index is 2.58. The zero-order valence-electron chi connectivity index (χ0n) is 15.3. The second-order valence-corrected chi connectivity index (χ2v) is 7.55. The van der Waals surface area contributed by atoms with Crippen molar-refractivity contribution in [3.8, 4) is 0 Å².